The lowest BCUT2D eigenvalue weighted by atomic mass is 10.1. The second kappa shape index (κ2) is 10.7. The highest BCUT2D eigenvalue weighted by Crippen LogP contribution is 2.34. The lowest BCUT2D eigenvalue weighted by molar-refractivity contribution is -0.385. The van der Waals surface area contributed by atoms with Crippen LogP contribution in [0.5, 0.6) is 11.5 Å². The van der Waals surface area contributed by atoms with E-state index in [1.165, 1.54) is 44.9 Å². The first-order valence-electron chi connectivity index (χ1n) is 9.57. The summed E-state index contributed by atoms with van der Waals surface area (Å²) in [5.74, 6) is 0.0513. The van der Waals surface area contributed by atoms with Crippen LogP contribution in [0.2, 0.25) is 0 Å². The van der Waals surface area contributed by atoms with Crippen molar-refractivity contribution in [3.63, 3.8) is 0 Å². The van der Waals surface area contributed by atoms with Gasteiger partial charge >= 0.3 is 0 Å². The number of benzene rings is 1. The number of methoxy groups -OCH3 is 1. The van der Waals surface area contributed by atoms with Crippen LogP contribution in [-0.2, 0) is 0 Å². The number of nitro groups is 1. The highest BCUT2D eigenvalue weighted by molar-refractivity contribution is 5.99. The van der Waals surface area contributed by atoms with Crippen LogP contribution in [-0.4, -0.2) is 43.7 Å². The molecule has 1 fully saturated rings. The van der Waals surface area contributed by atoms with Gasteiger partial charge in [0.15, 0.2) is 11.5 Å². The zero-order chi connectivity index (χ0) is 19.6. The van der Waals surface area contributed by atoms with Crippen LogP contribution in [0.3, 0.4) is 0 Å². The molecule has 0 aliphatic heterocycles. The van der Waals surface area contributed by atoms with Crippen LogP contribution >= 0.6 is 0 Å². The van der Waals surface area contributed by atoms with Crippen molar-refractivity contribution in [1.29, 1.82) is 0 Å². The zero-order valence-corrected chi connectivity index (χ0v) is 16.1. The van der Waals surface area contributed by atoms with E-state index in [2.05, 4.69) is 10.6 Å². The predicted octanol–water partition coefficient (Wildman–Crippen LogP) is 3.04. The van der Waals surface area contributed by atoms with E-state index in [4.69, 9.17) is 9.47 Å². The first-order chi connectivity index (χ1) is 13.1. The SMILES string of the molecule is CCOc1cc(C(=O)NCCNC2CCCCCC2)c([N+](=O)[O-])cc1OC. The Kier molecular flexibility index (Phi) is 8.32. The van der Waals surface area contributed by atoms with Gasteiger partial charge in [0, 0.05) is 25.2 Å². The number of carbonyl (C=O) groups excluding carboxylic acids is 1. The fourth-order valence-electron chi connectivity index (χ4n) is 3.34. The van der Waals surface area contributed by atoms with E-state index in [-0.39, 0.29) is 17.0 Å². The molecule has 0 aromatic heterocycles. The van der Waals surface area contributed by atoms with Gasteiger partial charge in [-0.3, -0.25) is 14.9 Å². The van der Waals surface area contributed by atoms with Gasteiger partial charge in [0.25, 0.3) is 11.6 Å². The number of nitrogens with zero attached hydrogens (tertiary/aromatic N) is 1. The molecule has 2 N–H and O–H groups in total. The van der Waals surface area contributed by atoms with Gasteiger partial charge in [-0.15, -0.1) is 0 Å². The fourth-order valence-corrected chi connectivity index (χ4v) is 3.34. The molecule has 0 spiro atoms. The highest BCUT2D eigenvalue weighted by atomic mass is 16.6. The molecule has 0 heterocycles. The van der Waals surface area contributed by atoms with Crippen molar-refractivity contribution in [3.8, 4) is 11.5 Å². The largest absolute Gasteiger partial charge is 0.493 e. The molecule has 1 saturated carbocycles. The number of nitrogens with one attached hydrogen (secondary N) is 2. The Hall–Kier alpha value is -2.35. The molecule has 1 aromatic carbocycles. The van der Waals surface area contributed by atoms with E-state index in [0.717, 1.165) is 12.8 Å². The van der Waals surface area contributed by atoms with Gasteiger partial charge in [0.05, 0.1) is 24.7 Å². The number of ether oxygens (including phenoxy) is 2. The Bertz CT molecular complexity index is 642. The summed E-state index contributed by atoms with van der Waals surface area (Å²) in [6, 6.07) is 3.09. The number of rotatable bonds is 9. The third-order valence-corrected chi connectivity index (χ3v) is 4.72. The summed E-state index contributed by atoms with van der Waals surface area (Å²) in [6.07, 6.45) is 7.38. The molecule has 2 rings (SSSR count). The number of hydrogen-bond acceptors (Lipinski definition) is 6. The summed E-state index contributed by atoms with van der Waals surface area (Å²) in [7, 11) is 1.40. The second-order valence-corrected chi connectivity index (χ2v) is 6.61. The van der Waals surface area contributed by atoms with Gasteiger partial charge in [0.2, 0.25) is 0 Å². The van der Waals surface area contributed by atoms with Gasteiger partial charge in [-0.1, -0.05) is 25.7 Å². The average molecular weight is 379 g/mol. The summed E-state index contributed by atoms with van der Waals surface area (Å²) in [6.45, 7) is 3.20. The van der Waals surface area contributed by atoms with Gasteiger partial charge in [-0.25, -0.2) is 0 Å². The van der Waals surface area contributed by atoms with Gasteiger partial charge in [-0.2, -0.15) is 0 Å². The summed E-state index contributed by atoms with van der Waals surface area (Å²) in [5.41, 5.74) is -0.330. The summed E-state index contributed by atoms with van der Waals surface area (Å²) < 4.78 is 10.6. The van der Waals surface area contributed by atoms with Gasteiger partial charge in [-0.05, 0) is 19.8 Å². The van der Waals surface area contributed by atoms with Gasteiger partial charge < -0.3 is 20.1 Å². The third kappa shape index (κ3) is 6.09. The quantitative estimate of drug-likeness (QED) is 0.296. The van der Waals surface area contributed by atoms with E-state index in [9.17, 15) is 14.9 Å². The molecule has 0 bridgehead atoms. The lowest BCUT2D eigenvalue weighted by Gasteiger charge is -2.16. The molecular formula is C19H29N3O5. The number of carbonyl (C=O) groups is 1. The van der Waals surface area contributed by atoms with Crippen molar-refractivity contribution < 1.29 is 19.2 Å². The maximum Gasteiger partial charge on any atom is 0.286 e. The topological polar surface area (TPSA) is 103 Å². The molecule has 1 aliphatic rings. The molecule has 8 heteroatoms. The average Bonchev–Trinajstić information content (AvgIpc) is 2.93. The van der Waals surface area contributed by atoms with E-state index >= 15 is 0 Å². The predicted molar refractivity (Wildman–Crippen MR) is 103 cm³/mol. The first-order valence-corrected chi connectivity index (χ1v) is 9.57. The van der Waals surface area contributed by atoms with Crippen molar-refractivity contribution in [1.82, 2.24) is 10.6 Å². The molecule has 0 radical (unpaired) electrons. The summed E-state index contributed by atoms with van der Waals surface area (Å²) in [5, 5.41) is 17.6. The molecule has 0 atom stereocenters. The van der Waals surface area contributed by atoms with Crippen LogP contribution in [0.4, 0.5) is 5.69 Å². The molecule has 150 valence electrons. The molecular weight excluding hydrogens is 350 g/mol. The number of amides is 1. The maximum atomic E-state index is 12.5. The van der Waals surface area contributed by atoms with Crippen molar-refractivity contribution in [3.05, 3.63) is 27.8 Å². The Morgan fingerprint density at radius 3 is 2.48 bits per heavy atom. The van der Waals surface area contributed by atoms with Crippen LogP contribution in [0.25, 0.3) is 0 Å². The molecule has 1 aromatic rings. The highest BCUT2D eigenvalue weighted by Gasteiger charge is 2.24. The molecule has 8 nitrogen and oxygen atoms in total. The normalized spacial score (nSPS) is 15.0. The standard InChI is InChI=1S/C19H29N3O5/c1-3-27-18-12-15(16(22(24)25)13-17(18)26-2)19(23)21-11-10-20-14-8-6-4-5-7-9-14/h12-14,20H,3-11H2,1-2H3,(H,21,23). The number of nitro benzene ring substituents is 1. The Labute approximate surface area is 159 Å². The summed E-state index contributed by atoms with van der Waals surface area (Å²) in [4.78, 5) is 23.3. The van der Waals surface area contributed by atoms with E-state index in [1.54, 1.807) is 6.92 Å². The molecule has 27 heavy (non-hydrogen) atoms. The summed E-state index contributed by atoms with van der Waals surface area (Å²) >= 11 is 0. The van der Waals surface area contributed by atoms with Crippen molar-refractivity contribution in [2.45, 2.75) is 51.5 Å². The zero-order valence-electron chi connectivity index (χ0n) is 16.1. The molecule has 1 aliphatic carbocycles. The van der Waals surface area contributed by atoms with Crippen molar-refractivity contribution in [2.24, 2.45) is 0 Å². The van der Waals surface area contributed by atoms with Crippen molar-refractivity contribution in [2.75, 3.05) is 26.8 Å². The Balaban J connectivity index is 1.99. The van der Waals surface area contributed by atoms with Crippen LogP contribution < -0.4 is 20.1 Å². The molecule has 0 unspecified atom stereocenters. The maximum absolute atomic E-state index is 12.5. The minimum Gasteiger partial charge on any atom is -0.493 e. The number of hydrogen-bond donors (Lipinski definition) is 2. The van der Waals surface area contributed by atoms with E-state index in [1.807, 2.05) is 0 Å². The Morgan fingerprint density at radius 2 is 1.89 bits per heavy atom. The third-order valence-electron chi connectivity index (χ3n) is 4.72. The minimum absolute atomic E-state index is 0.0290. The van der Waals surface area contributed by atoms with E-state index in [0.29, 0.717) is 31.5 Å². The second-order valence-electron chi connectivity index (χ2n) is 6.61. The lowest BCUT2D eigenvalue weighted by Crippen LogP contribution is -2.37. The monoisotopic (exact) mass is 379 g/mol. The van der Waals surface area contributed by atoms with Crippen LogP contribution in [0, 0.1) is 10.1 Å². The van der Waals surface area contributed by atoms with Crippen molar-refractivity contribution >= 4 is 11.6 Å². The first kappa shape index (κ1) is 21.0. The molecule has 0 saturated heterocycles. The smallest absolute Gasteiger partial charge is 0.286 e. The van der Waals surface area contributed by atoms with Crippen LogP contribution in [0.1, 0.15) is 55.8 Å². The molecule has 1 amide bonds. The minimum atomic E-state index is -0.586. The van der Waals surface area contributed by atoms with Gasteiger partial charge in [0.1, 0.15) is 5.56 Å². The Morgan fingerprint density at radius 1 is 1.19 bits per heavy atom. The van der Waals surface area contributed by atoms with Crippen LogP contribution in [0.15, 0.2) is 12.1 Å². The van der Waals surface area contributed by atoms with E-state index < -0.39 is 10.8 Å². The fraction of sp³-hybridized carbons (Fsp3) is 0.632.